The number of hydrogen-bond donors (Lipinski definition) is 1. The number of nitrogens with one attached hydrogen (secondary N) is 1. The average molecular weight is 404 g/mol. The molecule has 3 aromatic rings. The van der Waals surface area contributed by atoms with Crippen LogP contribution in [0.5, 0.6) is 0 Å². The molecule has 5 nitrogen and oxygen atoms in total. The predicted octanol–water partition coefficient (Wildman–Crippen LogP) is 4.17. The van der Waals surface area contributed by atoms with Crippen LogP contribution in [0.15, 0.2) is 72.1 Å². The Morgan fingerprint density at radius 1 is 1.21 bits per heavy atom. The second kappa shape index (κ2) is 8.01. The summed E-state index contributed by atoms with van der Waals surface area (Å²) in [6.45, 7) is 5.23. The highest BCUT2D eigenvalue weighted by Gasteiger charge is 2.20. The Morgan fingerprint density at radius 3 is 2.69 bits per heavy atom. The van der Waals surface area contributed by atoms with E-state index in [1.165, 1.54) is 15.7 Å². The molecule has 0 saturated carbocycles. The van der Waals surface area contributed by atoms with Crippen molar-refractivity contribution in [2.45, 2.75) is 13.0 Å². The van der Waals surface area contributed by atoms with Crippen LogP contribution in [-0.2, 0) is 6.54 Å². The molecule has 2 aromatic carbocycles. The van der Waals surface area contributed by atoms with Crippen LogP contribution in [0.4, 0.5) is 0 Å². The Hall–Kier alpha value is -3.25. The smallest absolute Gasteiger partial charge is 0.262 e. The summed E-state index contributed by atoms with van der Waals surface area (Å²) in [5, 5.41) is 0.502. The maximum Gasteiger partial charge on any atom is 0.262 e. The second-order valence-electron chi connectivity index (χ2n) is 6.99. The van der Waals surface area contributed by atoms with Crippen LogP contribution in [0.1, 0.15) is 22.3 Å². The van der Waals surface area contributed by atoms with Gasteiger partial charge in [-0.05, 0) is 48.0 Å². The molecule has 0 bridgehead atoms. The van der Waals surface area contributed by atoms with Crippen LogP contribution in [0.25, 0.3) is 16.5 Å². The van der Waals surface area contributed by atoms with E-state index in [1.54, 1.807) is 24.3 Å². The highest BCUT2D eigenvalue weighted by atomic mass is 32.1. The van der Waals surface area contributed by atoms with Crippen LogP contribution in [0.3, 0.4) is 0 Å². The van der Waals surface area contributed by atoms with Crippen molar-refractivity contribution in [2.75, 3.05) is 13.1 Å². The number of aromatic nitrogens is 2. The molecular weight excluding hydrogens is 382 g/mol. The Labute approximate surface area is 173 Å². The largest absolute Gasteiger partial charge is 0.335 e. The number of fused-ring (bicyclic) bond motifs is 1. The summed E-state index contributed by atoms with van der Waals surface area (Å²) in [6.07, 6.45) is 4.56. The number of nitrogens with zero attached hydrogens (tertiary/aromatic N) is 2. The van der Waals surface area contributed by atoms with Gasteiger partial charge in [0.25, 0.3) is 11.5 Å². The quantitative estimate of drug-likeness (QED) is 0.525. The summed E-state index contributed by atoms with van der Waals surface area (Å²) >= 11 is 5.28. The molecule has 1 N–H and O–H groups in total. The van der Waals surface area contributed by atoms with E-state index in [2.05, 4.69) is 29.8 Å². The van der Waals surface area contributed by atoms with Crippen LogP contribution >= 0.6 is 12.2 Å². The van der Waals surface area contributed by atoms with Gasteiger partial charge in [0.1, 0.15) is 0 Å². The first-order valence-electron chi connectivity index (χ1n) is 9.50. The van der Waals surface area contributed by atoms with Crippen molar-refractivity contribution in [3.63, 3.8) is 0 Å². The van der Waals surface area contributed by atoms with Crippen LogP contribution in [-0.4, -0.2) is 33.4 Å². The fraction of sp³-hybridized carbons (Fsp3) is 0.174. The second-order valence-corrected chi connectivity index (χ2v) is 7.38. The highest BCUT2D eigenvalue weighted by Crippen LogP contribution is 2.23. The minimum atomic E-state index is -0.184. The van der Waals surface area contributed by atoms with Gasteiger partial charge in [0.05, 0.1) is 10.9 Å². The normalized spacial score (nSPS) is 13.9. The first-order chi connectivity index (χ1) is 14.1. The minimum absolute atomic E-state index is 0.0511. The van der Waals surface area contributed by atoms with Gasteiger partial charge in [-0.1, -0.05) is 42.5 Å². The lowest BCUT2D eigenvalue weighted by Crippen LogP contribution is -2.34. The number of allylic oxidation sites excluding steroid dienone is 1. The summed E-state index contributed by atoms with van der Waals surface area (Å²) < 4.78 is 1.77. The number of benzene rings is 2. The number of rotatable bonds is 4. The van der Waals surface area contributed by atoms with Crippen molar-refractivity contribution in [1.29, 1.82) is 0 Å². The molecule has 146 valence electrons. The van der Waals surface area contributed by atoms with E-state index in [0.717, 1.165) is 6.42 Å². The Kier molecular flexibility index (Phi) is 5.27. The number of hydrogen-bond acceptors (Lipinski definition) is 3. The zero-order chi connectivity index (χ0) is 20.4. The zero-order valence-corrected chi connectivity index (χ0v) is 16.7. The third-order valence-electron chi connectivity index (χ3n) is 5.18. The fourth-order valence-electron chi connectivity index (χ4n) is 3.63. The van der Waals surface area contributed by atoms with E-state index < -0.39 is 0 Å². The molecule has 0 atom stereocenters. The maximum atomic E-state index is 13.0. The van der Waals surface area contributed by atoms with Gasteiger partial charge in [0.2, 0.25) is 0 Å². The molecule has 0 fully saturated rings. The molecule has 1 aliphatic heterocycles. The number of amides is 1. The van der Waals surface area contributed by atoms with E-state index in [0.29, 0.717) is 40.9 Å². The lowest BCUT2D eigenvalue weighted by molar-refractivity contribution is 0.0773. The summed E-state index contributed by atoms with van der Waals surface area (Å²) in [4.78, 5) is 30.5. The highest BCUT2D eigenvalue weighted by molar-refractivity contribution is 7.71. The minimum Gasteiger partial charge on any atom is -0.335 e. The van der Waals surface area contributed by atoms with Crippen molar-refractivity contribution >= 4 is 34.6 Å². The van der Waals surface area contributed by atoms with Gasteiger partial charge in [0, 0.05) is 25.2 Å². The lowest BCUT2D eigenvalue weighted by Gasteiger charge is -2.27. The maximum absolute atomic E-state index is 13.0. The lowest BCUT2D eigenvalue weighted by atomic mass is 9.99. The molecule has 4 rings (SSSR count). The van der Waals surface area contributed by atoms with Crippen molar-refractivity contribution in [1.82, 2.24) is 14.5 Å². The van der Waals surface area contributed by atoms with Crippen molar-refractivity contribution in [3.8, 4) is 0 Å². The molecule has 0 radical (unpaired) electrons. The van der Waals surface area contributed by atoms with Gasteiger partial charge in [-0.25, -0.2) is 0 Å². The topological polar surface area (TPSA) is 58.1 Å². The SMILES string of the molecule is C=CCn1c(=S)[nH]c2cc(C(=O)N3CC=C(c4ccccc4)CC3)ccc2c1=O. The Morgan fingerprint density at radius 2 is 2.00 bits per heavy atom. The molecule has 0 aliphatic carbocycles. The van der Waals surface area contributed by atoms with Crippen molar-refractivity contribution < 1.29 is 4.79 Å². The number of H-pyrrole nitrogens is 1. The van der Waals surface area contributed by atoms with E-state index in [4.69, 9.17) is 12.2 Å². The van der Waals surface area contributed by atoms with E-state index in [1.807, 2.05) is 23.1 Å². The molecule has 6 heteroatoms. The van der Waals surface area contributed by atoms with Crippen LogP contribution in [0.2, 0.25) is 0 Å². The number of aromatic amines is 1. The van der Waals surface area contributed by atoms with Gasteiger partial charge in [0.15, 0.2) is 4.77 Å². The first-order valence-corrected chi connectivity index (χ1v) is 9.91. The molecule has 1 aliphatic rings. The summed E-state index contributed by atoms with van der Waals surface area (Å²) in [6, 6.07) is 15.3. The van der Waals surface area contributed by atoms with Gasteiger partial charge >= 0.3 is 0 Å². The number of carbonyl (C=O) groups excluding carboxylic acids is 1. The third kappa shape index (κ3) is 3.71. The average Bonchev–Trinajstić information content (AvgIpc) is 2.76. The van der Waals surface area contributed by atoms with Crippen LogP contribution in [0, 0.1) is 4.77 Å². The molecule has 2 heterocycles. The molecule has 1 aromatic heterocycles. The molecular formula is C23H21N3O2S. The van der Waals surface area contributed by atoms with Gasteiger partial charge < -0.3 is 9.88 Å². The summed E-state index contributed by atoms with van der Waals surface area (Å²) in [7, 11) is 0. The van der Waals surface area contributed by atoms with E-state index in [-0.39, 0.29) is 11.5 Å². The van der Waals surface area contributed by atoms with Crippen LogP contribution < -0.4 is 5.56 Å². The molecule has 0 spiro atoms. The Balaban J connectivity index is 1.60. The molecule has 1 amide bonds. The Bertz CT molecular complexity index is 1240. The summed E-state index contributed by atoms with van der Waals surface area (Å²) in [5.41, 5.74) is 3.40. The summed E-state index contributed by atoms with van der Waals surface area (Å²) in [5.74, 6) is -0.0511. The van der Waals surface area contributed by atoms with Crippen molar-refractivity contribution in [2.24, 2.45) is 0 Å². The number of carbonyl (C=O) groups is 1. The predicted molar refractivity (Wildman–Crippen MR) is 119 cm³/mol. The first kappa shape index (κ1) is 19.1. The van der Waals surface area contributed by atoms with Gasteiger partial charge in [-0.2, -0.15) is 0 Å². The fourth-order valence-corrected chi connectivity index (χ4v) is 3.90. The zero-order valence-electron chi connectivity index (χ0n) is 15.9. The molecule has 0 saturated heterocycles. The molecule has 29 heavy (non-hydrogen) atoms. The van der Waals surface area contributed by atoms with Crippen molar-refractivity contribution in [3.05, 3.63) is 93.5 Å². The monoisotopic (exact) mass is 403 g/mol. The third-order valence-corrected chi connectivity index (χ3v) is 5.50. The van der Waals surface area contributed by atoms with Gasteiger partial charge in [-0.3, -0.25) is 14.2 Å². The standard InChI is InChI=1S/C23H21N3O2S/c1-2-12-26-22(28)19-9-8-18(15-20(19)24-23(26)29)21(27)25-13-10-17(11-14-25)16-6-4-3-5-7-16/h2-10,15H,1,11-14H2,(H,24,29). The van der Waals surface area contributed by atoms with Gasteiger partial charge in [-0.15, -0.1) is 6.58 Å². The van der Waals surface area contributed by atoms with E-state index in [9.17, 15) is 9.59 Å². The molecule has 0 unspecified atom stereocenters. The van der Waals surface area contributed by atoms with E-state index >= 15 is 0 Å².